The Hall–Kier alpha value is -1.12. The van der Waals surface area contributed by atoms with Crippen molar-refractivity contribution in [3.63, 3.8) is 0 Å². The summed E-state index contributed by atoms with van der Waals surface area (Å²) in [6.45, 7) is 3.33. The molecule has 3 atom stereocenters. The van der Waals surface area contributed by atoms with E-state index in [9.17, 15) is 19.1 Å². The summed E-state index contributed by atoms with van der Waals surface area (Å²) in [5.41, 5.74) is -1.77. The Bertz CT molecular complexity index is 835. The molecule has 1 aliphatic carbocycles. The average molecular weight is 606 g/mol. The Balaban J connectivity index is 1.04. The molecule has 0 radical (unpaired) electrons. The van der Waals surface area contributed by atoms with Gasteiger partial charge in [0.25, 0.3) is 0 Å². The van der Waals surface area contributed by atoms with E-state index in [0.717, 1.165) is 45.4 Å². The van der Waals surface area contributed by atoms with Gasteiger partial charge in [0.2, 0.25) is 11.8 Å². The highest BCUT2D eigenvalue weighted by atomic mass is 35.5. The summed E-state index contributed by atoms with van der Waals surface area (Å²) in [6, 6.07) is 0. The van der Waals surface area contributed by atoms with Crippen LogP contribution in [-0.4, -0.2) is 132 Å². The molecule has 3 unspecified atom stereocenters. The summed E-state index contributed by atoms with van der Waals surface area (Å²) in [5, 5.41) is 37.6. The molecule has 3 saturated heterocycles. The van der Waals surface area contributed by atoms with Gasteiger partial charge in [0.15, 0.2) is 0 Å². The van der Waals surface area contributed by atoms with Crippen LogP contribution in [-0.2, 0) is 14.3 Å². The lowest BCUT2D eigenvalue weighted by Crippen LogP contribution is -2.62. The van der Waals surface area contributed by atoms with E-state index in [1.807, 2.05) is 0 Å². The molecule has 2 amide bonds. The second-order valence-corrected chi connectivity index (χ2v) is 13.1. The monoisotopic (exact) mass is 605 g/mol. The zero-order valence-electron chi connectivity index (χ0n) is 24.0. The van der Waals surface area contributed by atoms with Crippen LogP contribution in [0.3, 0.4) is 0 Å². The number of aliphatic hydroxyl groups is 3. The van der Waals surface area contributed by atoms with Crippen molar-refractivity contribution in [1.29, 1.82) is 0 Å². The van der Waals surface area contributed by atoms with E-state index < -0.39 is 30.9 Å². The standard InChI is InChI=1S/C28H49ClFN5O6/c29-22-12-31-27(32-13-22)34-7-5-19(6-8-34)2-1-9-41-23-4-3-20(24(30)11-23)10-25(38)35-14-21(15-35)26(39)33-16-28(40,17-36)18-37/h19-24,27,31-32,36-37,40H,1-18H2,(H,33,39). The third kappa shape index (κ3) is 9.43. The first-order valence-corrected chi connectivity index (χ1v) is 15.7. The topological polar surface area (TPSA) is 147 Å². The molecule has 4 aliphatic rings. The predicted octanol–water partition coefficient (Wildman–Crippen LogP) is -0.234. The van der Waals surface area contributed by atoms with Gasteiger partial charge in [0, 0.05) is 58.7 Å². The van der Waals surface area contributed by atoms with Gasteiger partial charge in [0.1, 0.15) is 18.1 Å². The van der Waals surface area contributed by atoms with Crippen molar-refractivity contribution in [3.05, 3.63) is 0 Å². The molecule has 0 aromatic heterocycles. The van der Waals surface area contributed by atoms with Crippen molar-refractivity contribution >= 4 is 23.4 Å². The number of ether oxygens (including phenoxy) is 1. The minimum Gasteiger partial charge on any atom is -0.393 e. The lowest BCUT2D eigenvalue weighted by molar-refractivity contribution is -0.145. The molecule has 11 nitrogen and oxygen atoms in total. The van der Waals surface area contributed by atoms with Gasteiger partial charge in [-0.2, -0.15) is 0 Å². The predicted molar refractivity (Wildman–Crippen MR) is 152 cm³/mol. The number of hydrogen-bond donors (Lipinski definition) is 6. The molecule has 0 bridgehead atoms. The van der Waals surface area contributed by atoms with Crippen LogP contribution in [0.5, 0.6) is 0 Å². The number of carbonyl (C=O) groups excluding carboxylic acids is 2. The molecule has 0 aromatic carbocycles. The number of hydrogen-bond acceptors (Lipinski definition) is 9. The van der Waals surface area contributed by atoms with Crippen molar-refractivity contribution in [2.45, 2.75) is 80.9 Å². The van der Waals surface area contributed by atoms with Gasteiger partial charge in [0.05, 0.1) is 37.2 Å². The molecule has 3 aliphatic heterocycles. The van der Waals surface area contributed by atoms with Crippen LogP contribution in [0, 0.1) is 17.8 Å². The fourth-order valence-electron chi connectivity index (χ4n) is 6.29. The number of piperidine rings is 1. The van der Waals surface area contributed by atoms with Gasteiger partial charge in [-0.05, 0) is 50.4 Å². The van der Waals surface area contributed by atoms with Gasteiger partial charge >= 0.3 is 0 Å². The van der Waals surface area contributed by atoms with Gasteiger partial charge in [-0.3, -0.25) is 25.1 Å². The lowest BCUT2D eigenvalue weighted by atomic mass is 9.83. The van der Waals surface area contributed by atoms with Gasteiger partial charge in [-0.25, -0.2) is 4.39 Å². The van der Waals surface area contributed by atoms with E-state index in [1.54, 1.807) is 4.90 Å². The average Bonchev–Trinajstić information content (AvgIpc) is 2.95. The lowest BCUT2D eigenvalue weighted by Gasteiger charge is -2.41. The fourth-order valence-corrected chi connectivity index (χ4v) is 6.46. The maximum absolute atomic E-state index is 14.9. The summed E-state index contributed by atoms with van der Waals surface area (Å²) in [4.78, 5) is 28.9. The second kappa shape index (κ2) is 15.6. The number of nitrogens with zero attached hydrogens (tertiary/aromatic N) is 2. The molecule has 3 heterocycles. The Morgan fingerprint density at radius 1 is 1.07 bits per heavy atom. The molecule has 0 spiro atoms. The van der Waals surface area contributed by atoms with Crippen molar-refractivity contribution in [2.75, 3.05) is 65.6 Å². The Morgan fingerprint density at radius 3 is 2.39 bits per heavy atom. The molecule has 1 saturated carbocycles. The Kier molecular flexibility index (Phi) is 12.4. The molecule has 0 aromatic rings. The molecule has 6 N–H and O–H groups in total. The van der Waals surface area contributed by atoms with Crippen LogP contribution in [0.25, 0.3) is 0 Å². The molecule has 4 fully saturated rings. The highest BCUT2D eigenvalue weighted by molar-refractivity contribution is 6.21. The fraction of sp³-hybridized carbons (Fsp3) is 0.929. The summed E-state index contributed by atoms with van der Waals surface area (Å²) in [6.07, 6.45) is 5.34. The number of likely N-dealkylation sites (tertiary alicyclic amines) is 2. The summed E-state index contributed by atoms with van der Waals surface area (Å²) in [7, 11) is 0. The molecule has 13 heteroatoms. The van der Waals surface area contributed by atoms with E-state index in [1.165, 1.54) is 12.8 Å². The summed E-state index contributed by atoms with van der Waals surface area (Å²) < 4.78 is 21.0. The number of rotatable bonds is 13. The summed E-state index contributed by atoms with van der Waals surface area (Å²) >= 11 is 6.14. The smallest absolute Gasteiger partial charge is 0.226 e. The number of aliphatic hydroxyl groups excluding tert-OH is 2. The van der Waals surface area contributed by atoms with Crippen LogP contribution in [0.1, 0.15) is 51.4 Å². The number of amides is 2. The Morgan fingerprint density at radius 2 is 1.76 bits per heavy atom. The van der Waals surface area contributed by atoms with E-state index in [-0.39, 0.29) is 61.6 Å². The third-order valence-corrected chi connectivity index (χ3v) is 9.58. The number of carbonyl (C=O) groups is 2. The van der Waals surface area contributed by atoms with Crippen molar-refractivity contribution < 1.29 is 34.0 Å². The highest BCUT2D eigenvalue weighted by Gasteiger charge is 2.39. The van der Waals surface area contributed by atoms with Crippen LogP contribution < -0.4 is 16.0 Å². The normalized spacial score (nSPS) is 30.7. The SMILES string of the molecule is O=C(NCC(O)(CO)CO)C1CN(C(=O)CC2CCC(OCCCC3CCN(C4NCC(Cl)CN4)CC3)CC2F)C1. The minimum absolute atomic E-state index is 0.0963. The highest BCUT2D eigenvalue weighted by Crippen LogP contribution is 2.33. The van der Waals surface area contributed by atoms with E-state index in [0.29, 0.717) is 25.4 Å². The quantitative estimate of drug-likeness (QED) is 0.124. The zero-order chi connectivity index (χ0) is 29.4. The molecule has 4 rings (SSSR count). The first-order chi connectivity index (χ1) is 19.7. The van der Waals surface area contributed by atoms with E-state index in [2.05, 4.69) is 20.9 Å². The van der Waals surface area contributed by atoms with Gasteiger partial charge in [-0.1, -0.05) is 0 Å². The zero-order valence-corrected chi connectivity index (χ0v) is 24.7. The van der Waals surface area contributed by atoms with Crippen LogP contribution in [0.15, 0.2) is 0 Å². The van der Waals surface area contributed by atoms with Crippen molar-refractivity contribution in [1.82, 2.24) is 25.8 Å². The van der Waals surface area contributed by atoms with E-state index >= 15 is 0 Å². The van der Waals surface area contributed by atoms with Crippen molar-refractivity contribution in [2.24, 2.45) is 17.8 Å². The number of halogens is 2. The Labute approximate surface area is 247 Å². The largest absolute Gasteiger partial charge is 0.393 e. The summed E-state index contributed by atoms with van der Waals surface area (Å²) in [5.74, 6) is -0.532. The molecule has 41 heavy (non-hydrogen) atoms. The van der Waals surface area contributed by atoms with Gasteiger partial charge in [-0.15, -0.1) is 11.6 Å². The van der Waals surface area contributed by atoms with Crippen LogP contribution in [0.2, 0.25) is 0 Å². The first-order valence-electron chi connectivity index (χ1n) is 15.3. The number of nitrogens with one attached hydrogen (secondary N) is 3. The second-order valence-electron chi connectivity index (χ2n) is 12.5. The van der Waals surface area contributed by atoms with E-state index in [4.69, 9.17) is 26.6 Å². The van der Waals surface area contributed by atoms with Crippen LogP contribution in [0.4, 0.5) is 4.39 Å². The number of alkyl halides is 2. The van der Waals surface area contributed by atoms with Crippen molar-refractivity contribution in [3.8, 4) is 0 Å². The first kappa shape index (κ1) is 32.8. The molecule has 236 valence electrons. The third-order valence-electron chi connectivity index (χ3n) is 9.27. The molecular weight excluding hydrogens is 557 g/mol. The maximum atomic E-state index is 14.9. The maximum Gasteiger partial charge on any atom is 0.226 e. The van der Waals surface area contributed by atoms with Crippen LogP contribution >= 0.6 is 11.6 Å². The minimum atomic E-state index is -1.77. The van der Waals surface area contributed by atoms with Gasteiger partial charge < -0.3 is 30.3 Å². The molecular formula is C28H49ClFN5O6.